The third-order valence-corrected chi connectivity index (χ3v) is 4.82. The van der Waals surface area contributed by atoms with Gasteiger partial charge in [0.1, 0.15) is 0 Å². The lowest BCUT2D eigenvalue weighted by molar-refractivity contribution is 0.590. The van der Waals surface area contributed by atoms with Gasteiger partial charge in [-0.05, 0) is 42.2 Å². The van der Waals surface area contributed by atoms with E-state index in [1.807, 2.05) is 18.2 Å². The molecular weight excluding hydrogens is 282 g/mol. The summed E-state index contributed by atoms with van der Waals surface area (Å²) < 4.78 is 0. The molecule has 1 saturated carbocycles. The minimum atomic E-state index is 0.561. The molecule has 23 heavy (non-hydrogen) atoms. The second kappa shape index (κ2) is 6.06. The molecule has 0 aromatic heterocycles. The SMILES string of the molecule is N#Cc1cccc(CN2CC(CNC3CC3)c3ccccc32)c1. The molecule has 4 rings (SSSR count). The summed E-state index contributed by atoms with van der Waals surface area (Å²) in [5.41, 5.74) is 4.74. The highest BCUT2D eigenvalue weighted by Gasteiger charge is 2.30. The number of fused-ring (bicyclic) bond motifs is 1. The molecule has 116 valence electrons. The van der Waals surface area contributed by atoms with Gasteiger partial charge in [-0.1, -0.05) is 30.3 Å². The molecule has 1 heterocycles. The van der Waals surface area contributed by atoms with E-state index >= 15 is 0 Å². The molecule has 1 N–H and O–H groups in total. The van der Waals surface area contributed by atoms with Crippen LogP contribution in [0.2, 0.25) is 0 Å². The highest BCUT2D eigenvalue weighted by atomic mass is 15.2. The number of anilines is 1. The summed E-state index contributed by atoms with van der Waals surface area (Å²) in [7, 11) is 0. The number of nitriles is 1. The number of benzene rings is 2. The van der Waals surface area contributed by atoms with Crippen molar-refractivity contribution in [2.24, 2.45) is 0 Å². The molecule has 2 aliphatic rings. The normalized spacial score (nSPS) is 19.4. The third-order valence-electron chi connectivity index (χ3n) is 4.82. The maximum Gasteiger partial charge on any atom is 0.0991 e. The molecule has 2 aromatic carbocycles. The summed E-state index contributed by atoms with van der Waals surface area (Å²) in [5, 5.41) is 12.8. The van der Waals surface area contributed by atoms with Crippen LogP contribution in [0.15, 0.2) is 48.5 Å². The van der Waals surface area contributed by atoms with E-state index in [-0.39, 0.29) is 0 Å². The summed E-state index contributed by atoms with van der Waals surface area (Å²) in [6.07, 6.45) is 2.66. The van der Waals surface area contributed by atoms with E-state index in [4.69, 9.17) is 5.26 Å². The van der Waals surface area contributed by atoms with Gasteiger partial charge in [-0.15, -0.1) is 0 Å². The summed E-state index contributed by atoms with van der Waals surface area (Å²) in [4.78, 5) is 2.45. The van der Waals surface area contributed by atoms with E-state index in [2.05, 4.69) is 46.6 Å². The summed E-state index contributed by atoms with van der Waals surface area (Å²) in [6, 6.07) is 19.7. The van der Waals surface area contributed by atoms with Crippen molar-refractivity contribution in [1.82, 2.24) is 5.32 Å². The quantitative estimate of drug-likeness (QED) is 0.920. The Morgan fingerprint density at radius 3 is 2.83 bits per heavy atom. The number of nitrogens with zero attached hydrogens (tertiary/aromatic N) is 2. The van der Waals surface area contributed by atoms with Crippen LogP contribution in [-0.4, -0.2) is 19.1 Å². The van der Waals surface area contributed by atoms with Crippen LogP contribution in [0, 0.1) is 11.3 Å². The molecular formula is C20H21N3. The van der Waals surface area contributed by atoms with Crippen LogP contribution >= 0.6 is 0 Å². The van der Waals surface area contributed by atoms with Crippen molar-refractivity contribution in [2.45, 2.75) is 31.3 Å². The fraction of sp³-hybridized carbons (Fsp3) is 0.350. The van der Waals surface area contributed by atoms with Crippen LogP contribution in [0.1, 0.15) is 35.4 Å². The topological polar surface area (TPSA) is 39.1 Å². The molecule has 1 fully saturated rings. The Labute approximate surface area is 137 Å². The van der Waals surface area contributed by atoms with E-state index in [0.29, 0.717) is 5.92 Å². The molecule has 0 bridgehead atoms. The van der Waals surface area contributed by atoms with Gasteiger partial charge in [0, 0.05) is 37.3 Å². The van der Waals surface area contributed by atoms with E-state index in [1.54, 1.807) is 0 Å². The molecule has 0 amide bonds. The van der Waals surface area contributed by atoms with Gasteiger partial charge in [-0.2, -0.15) is 5.26 Å². The number of nitrogens with one attached hydrogen (secondary N) is 1. The van der Waals surface area contributed by atoms with Crippen LogP contribution in [0.25, 0.3) is 0 Å². The molecule has 1 unspecified atom stereocenters. The number of hydrogen-bond acceptors (Lipinski definition) is 3. The lowest BCUT2D eigenvalue weighted by atomic mass is 10.0. The molecule has 1 aliphatic carbocycles. The van der Waals surface area contributed by atoms with Crippen molar-refractivity contribution in [2.75, 3.05) is 18.0 Å². The van der Waals surface area contributed by atoms with Crippen LogP contribution in [0.4, 0.5) is 5.69 Å². The Hall–Kier alpha value is -2.31. The minimum Gasteiger partial charge on any atom is -0.366 e. The monoisotopic (exact) mass is 303 g/mol. The standard InChI is InChI=1S/C20H21N3/c21-11-15-4-3-5-16(10-15)13-23-14-17(12-22-18-8-9-18)19-6-1-2-7-20(19)23/h1-7,10,17-18,22H,8-9,12-14H2. The Morgan fingerprint density at radius 2 is 2.00 bits per heavy atom. The first-order valence-electron chi connectivity index (χ1n) is 8.40. The van der Waals surface area contributed by atoms with Crippen LogP contribution in [-0.2, 0) is 6.54 Å². The first kappa shape index (κ1) is 14.3. The highest BCUT2D eigenvalue weighted by molar-refractivity contribution is 5.60. The fourth-order valence-corrected chi connectivity index (χ4v) is 3.46. The van der Waals surface area contributed by atoms with Crippen molar-refractivity contribution in [3.05, 3.63) is 65.2 Å². The predicted molar refractivity (Wildman–Crippen MR) is 92.4 cm³/mol. The molecule has 3 heteroatoms. The van der Waals surface area contributed by atoms with E-state index in [0.717, 1.165) is 31.2 Å². The third kappa shape index (κ3) is 3.09. The zero-order valence-corrected chi connectivity index (χ0v) is 13.2. The van der Waals surface area contributed by atoms with Gasteiger partial charge >= 0.3 is 0 Å². The van der Waals surface area contributed by atoms with Gasteiger partial charge in [0.25, 0.3) is 0 Å². The number of rotatable bonds is 5. The minimum absolute atomic E-state index is 0.561. The maximum absolute atomic E-state index is 9.08. The second-order valence-electron chi connectivity index (χ2n) is 6.63. The Kier molecular flexibility index (Phi) is 3.77. The molecule has 1 aliphatic heterocycles. The lowest BCUT2D eigenvalue weighted by Crippen LogP contribution is -2.28. The largest absolute Gasteiger partial charge is 0.366 e. The van der Waals surface area contributed by atoms with Crippen molar-refractivity contribution in [3.8, 4) is 6.07 Å². The number of hydrogen-bond donors (Lipinski definition) is 1. The molecule has 0 saturated heterocycles. The van der Waals surface area contributed by atoms with Gasteiger partial charge in [-0.3, -0.25) is 0 Å². The Balaban J connectivity index is 1.53. The summed E-state index contributed by atoms with van der Waals surface area (Å²) >= 11 is 0. The zero-order chi connectivity index (χ0) is 15.6. The van der Waals surface area contributed by atoms with Gasteiger partial charge in [0.05, 0.1) is 11.6 Å². The lowest BCUT2D eigenvalue weighted by Gasteiger charge is -2.20. The Morgan fingerprint density at radius 1 is 1.13 bits per heavy atom. The summed E-state index contributed by atoms with van der Waals surface area (Å²) in [5.74, 6) is 0.561. The van der Waals surface area contributed by atoms with Gasteiger partial charge in [0.2, 0.25) is 0 Å². The molecule has 3 nitrogen and oxygen atoms in total. The van der Waals surface area contributed by atoms with Crippen LogP contribution in [0.3, 0.4) is 0 Å². The van der Waals surface area contributed by atoms with E-state index in [9.17, 15) is 0 Å². The molecule has 2 aromatic rings. The predicted octanol–water partition coefficient (Wildman–Crippen LogP) is 3.41. The first-order chi connectivity index (χ1) is 11.3. The van der Waals surface area contributed by atoms with Crippen molar-refractivity contribution >= 4 is 5.69 Å². The van der Waals surface area contributed by atoms with Gasteiger partial charge < -0.3 is 10.2 Å². The molecule has 0 spiro atoms. The average molecular weight is 303 g/mol. The Bertz CT molecular complexity index is 743. The summed E-state index contributed by atoms with van der Waals surface area (Å²) in [6.45, 7) is 2.98. The van der Waals surface area contributed by atoms with E-state index in [1.165, 1.54) is 29.7 Å². The van der Waals surface area contributed by atoms with E-state index < -0.39 is 0 Å². The highest BCUT2D eigenvalue weighted by Crippen LogP contribution is 2.37. The van der Waals surface area contributed by atoms with Gasteiger partial charge in [-0.25, -0.2) is 0 Å². The first-order valence-corrected chi connectivity index (χ1v) is 8.40. The molecule has 0 radical (unpaired) electrons. The number of para-hydroxylation sites is 1. The smallest absolute Gasteiger partial charge is 0.0991 e. The van der Waals surface area contributed by atoms with Crippen molar-refractivity contribution in [3.63, 3.8) is 0 Å². The van der Waals surface area contributed by atoms with Crippen LogP contribution < -0.4 is 10.2 Å². The van der Waals surface area contributed by atoms with Crippen LogP contribution in [0.5, 0.6) is 0 Å². The average Bonchev–Trinajstić information content (AvgIpc) is 3.36. The van der Waals surface area contributed by atoms with Crippen molar-refractivity contribution < 1.29 is 0 Å². The molecule has 1 atom stereocenters. The van der Waals surface area contributed by atoms with Gasteiger partial charge in [0.15, 0.2) is 0 Å². The second-order valence-corrected chi connectivity index (χ2v) is 6.63. The van der Waals surface area contributed by atoms with Crippen molar-refractivity contribution in [1.29, 1.82) is 5.26 Å². The maximum atomic E-state index is 9.08. The fourth-order valence-electron chi connectivity index (χ4n) is 3.46. The zero-order valence-electron chi connectivity index (χ0n) is 13.2.